The van der Waals surface area contributed by atoms with Crippen molar-refractivity contribution in [3.05, 3.63) is 65.2 Å². The topological polar surface area (TPSA) is 32.8 Å². The molecule has 0 fully saturated rings. The number of amides is 1. The molecule has 0 aromatic heterocycles. The number of nitrogens with zero attached hydrogens (tertiary/aromatic N) is 2. The first-order valence-electron chi connectivity index (χ1n) is 8.27. The van der Waals surface area contributed by atoms with Gasteiger partial charge in [0.15, 0.2) is 0 Å². The summed E-state index contributed by atoms with van der Waals surface area (Å²) in [6.07, 6.45) is 0.799. The van der Waals surface area contributed by atoms with Crippen LogP contribution in [-0.2, 0) is 6.42 Å². The monoisotopic (exact) mass is 324 g/mol. The van der Waals surface area contributed by atoms with Gasteiger partial charge < -0.3 is 14.5 Å². The van der Waals surface area contributed by atoms with Crippen LogP contribution in [0.4, 0.5) is 0 Å². The third kappa shape index (κ3) is 3.29. The molecule has 1 heterocycles. The average molecular weight is 324 g/mol. The fourth-order valence-electron chi connectivity index (χ4n) is 3.25. The second-order valence-corrected chi connectivity index (χ2v) is 6.46. The van der Waals surface area contributed by atoms with E-state index in [1.54, 1.807) is 7.11 Å². The lowest BCUT2D eigenvalue weighted by Gasteiger charge is -2.27. The van der Waals surface area contributed by atoms with E-state index in [9.17, 15) is 4.79 Å². The van der Waals surface area contributed by atoms with Crippen LogP contribution < -0.4 is 4.74 Å². The van der Waals surface area contributed by atoms with Crippen molar-refractivity contribution in [3.63, 3.8) is 0 Å². The molecule has 2 aromatic carbocycles. The molecule has 126 valence electrons. The van der Waals surface area contributed by atoms with Crippen LogP contribution in [0.5, 0.6) is 5.75 Å². The minimum absolute atomic E-state index is 0.0840. The predicted octanol–water partition coefficient (Wildman–Crippen LogP) is 3.00. The summed E-state index contributed by atoms with van der Waals surface area (Å²) in [5.74, 6) is 0.991. The van der Waals surface area contributed by atoms with Crippen molar-refractivity contribution < 1.29 is 9.53 Å². The molecule has 3 rings (SSSR count). The number of ether oxygens (including phenoxy) is 1. The zero-order valence-corrected chi connectivity index (χ0v) is 14.5. The molecular weight excluding hydrogens is 300 g/mol. The molecule has 1 aliphatic heterocycles. The number of hydrogen-bond acceptors (Lipinski definition) is 3. The highest BCUT2D eigenvalue weighted by Gasteiger charge is 2.35. The molecule has 4 nitrogen and oxygen atoms in total. The summed E-state index contributed by atoms with van der Waals surface area (Å²) in [5.41, 5.74) is 3.15. The Hall–Kier alpha value is -2.33. The maximum Gasteiger partial charge on any atom is 0.254 e. The van der Waals surface area contributed by atoms with E-state index in [2.05, 4.69) is 23.1 Å². The average Bonchev–Trinajstić information content (AvgIpc) is 2.85. The first kappa shape index (κ1) is 16.5. The fourth-order valence-corrected chi connectivity index (χ4v) is 3.25. The van der Waals surface area contributed by atoms with Crippen molar-refractivity contribution in [3.8, 4) is 5.75 Å². The number of benzene rings is 2. The largest absolute Gasteiger partial charge is 0.497 e. The number of carbonyl (C=O) groups excluding carboxylic acids is 1. The lowest BCUT2D eigenvalue weighted by molar-refractivity contribution is 0.0712. The van der Waals surface area contributed by atoms with E-state index >= 15 is 0 Å². The SMILES string of the molecule is COc1cccc(CC2c3ccccc3C(=O)N2CCN(C)C)c1. The van der Waals surface area contributed by atoms with Crippen molar-refractivity contribution in [2.45, 2.75) is 12.5 Å². The Balaban J connectivity index is 1.90. The zero-order chi connectivity index (χ0) is 17.1. The molecule has 4 heteroatoms. The molecule has 0 saturated carbocycles. The molecule has 0 bridgehead atoms. The van der Waals surface area contributed by atoms with E-state index in [-0.39, 0.29) is 11.9 Å². The van der Waals surface area contributed by atoms with E-state index in [1.807, 2.05) is 49.3 Å². The van der Waals surface area contributed by atoms with Crippen molar-refractivity contribution in [1.82, 2.24) is 9.80 Å². The number of hydrogen-bond donors (Lipinski definition) is 0. The van der Waals surface area contributed by atoms with Crippen molar-refractivity contribution in [1.29, 1.82) is 0 Å². The second-order valence-electron chi connectivity index (χ2n) is 6.46. The molecular formula is C20H24N2O2. The summed E-state index contributed by atoms with van der Waals surface area (Å²) in [7, 11) is 5.74. The van der Waals surface area contributed by atoms with E-state index in [0.717, 1.165) is 36.4 Å². The molecule has 0 radical (unpaired) electrons. The molecule has 0 aliphatic carbocycles. The minimum atomic E-state index is 0.0840. The number of rotatable bonds is 6. The van der Waals surface area contributed by atoms with Gasteiger partial charge >= 0.3 is 0 Å². The Kier molecular flexibility index (Phi) is 4.86. The van der Waals surface area contributed by atoms with Crippen LogP contribution in [0.3, 0.4) is 0 Å². The summed E-state index contributed by atoms with van der Waals surface area (Å²) in [5, 5.41) is 0. The van der Waals surface area contributed by atoms with Crippen LogP contribution in [0, 0.1) is 0 Å². The summed E-state index contributed by atoms with van der Waals surface area (Å²) in [4.78, 5) is 16.9. The van der Waals surface area contributed by atoms with Gasteiger partial charge in [-0.25, -0.2) is 0 Å². The standard InChI is InChI=1S/C20H24N2O2/c1-21(2)11-12-22-19(14-15-7-6-8-16(13-15)24-3)17-9-4-5-10-18(17)20(22)23/h4-10,13,19H,11-12,14H2,1-3H3. The fraction of sp³-hybridized carbons (Fsp3) is 0.350. The van der Waals surface area contributed by atoms with Gasteiger partial charge in [-0.15, -0.1) is 0 Å². The summed E-state index contributed by atoms with van der Waals surface area (Å²) >= 11 is 0. The molecule has 24 heavy (non-hydrogen) atoms. The maximum atomic E-state index is 12.8. The van der Waals surface area contributed by atoms with Crippen LogP contribution in [-0.4, -0.2) is 50.0 Å². The lowest BCUT2D eigenvalue weighted by atomic mass is 9.98. The van der Waals surface area contributed by atoms with Crippen LogP contribution in [0.15, 0.2) is 48.5 Å². The quantitative estimate of drug-likeness (QED) is 0.819. The zero-order valence-electron chi connectivity index (χ0n) is 14.5. The molecule has 1 unspecified atom stereocenters. The number of likely N-dealkylation sites (N-methyl/N-ethyl adjacent to an activating group) is 1. The van der Waals surface area contributed by atoms with Gasteiger partial charge in [-0.2, -0.15) is 0 Å². The van der Waals surface area contributed by atoms with Crippen molar-refractivity contribution in [2.24, 2.45) is 0 Å². The third-order valence-electron chi connectivity index (χ3n) is 4.54. The van der Waals surface area contributed by atoms with Gasteiger partial charge in [0.2, 0.25) is 0 Å². The van der Waals surface area contributed by atoms with Gasteiger partial charge in [-0.3, -0.25) is 4.79 Å². The van der Waals surface area contributed by atoms with E-state index in [4.69, 9.17) is 4.74 Å². The van der Waals surface area contributed by atoms with Crippen LogP contribution in [0.1, 0.15) is 27.5 Å². The lowest BCUT2D eigenvalue weighted by Crippen LogP contribution is -2.35. The Bertz CT molecular complexity index is 727. The molecule has 2 aromatic rings. The molecule has 0 saturated heterocycles. The van der Waals surface area contributed by atoms with E-state index < -0.39 is 0 Å². The number of carbonyl (C=O) groups is 1. The van der Waals surface area contributed by atoms with Gasteiger partial charge in [0.1, 0.15) is 5.75 Å². The predicted molar refractivity (Wildman–Crippen MR) is 95.5 cm³/mol. The van der Waals surface area contributed by atoms with E-state index in [1.165, 1.54) is 5.56 Å². The summed E-state index contributed by atoms with van der Waals surface area (Å²) < 4.78 is 5.33. The number of fused-ring (bicyclic) bond motifs is 1. The van der Waals surface area contributed by atoms with Gasteiger partial charge in [-0.1, -0.05) is 30.3 Å². The highest BCUT2D eigenvalue weighted by Crippen LogP contribution is 2.36. The highest BCUT2D eigenvalue weighted by molar-refractivity contribution is 5.99. The molecule has 0 spiro atoms. The Morgan fingerprint density at radius 2 is 1.92 bits per heavy atom. The summed E-state index contributed by atoms with van der Waals surface area (Å²) in [6.45, 7) is 1.59. The Labute approximate surface area is 143 Å². The first-order chi connectivity index (χ1) is 11.6. The van der Waals surface area contributed by atoms with Gasteiger partial charge in [0.05, 0.1) is 13.2 Å². The van der Waals surface area contributed by atoms with Crippen LogP contribution in [0.2, 0.25) is 0 Å². The molecule has 1 aliphatic rings. The highest BCUT2D eigenvalue weighted by atomic mass is 16.5. The smallest absolute Gasteiger partial charge is 0.254 e. The normalized spacial score (nSPS) is 16.6. The van der Waals surface area contributed by atoms with Gasteiger partial charge in [-0.05, 0) is 49.8 Å². The maximum absolute atomic E-state index is 12.8. The molecule has 1 atom stereocenters. The van der Waals surface area contributed by atoms with Crippen LogP contribution in [0.25, 0.3) is 0 Å². The molecule has 1 amide bonds. The molecule has 0 N–H and O–H groups in total. The number of methoxy groups -OCH3 is 1. The van der Waals surface area contributed by atoms with Crippen LogP contribution >= 0.6 is 0 Å². The van der Waals surface area contributed by atoms with Crippen molar-refractivity contribution in [2.75, 3.05) is 34.3 Å². The Morgan fingerprint density at radius 1 is 1.12 bits per heavy atom. The Morgan fingerprint density at radius 3 is 2.67 bits per heavy atom. The van der Waals surface area contributed by atoms with Gasteiger partial charge in [0.25, 0.3) is 5.91 Å². The second kappa shape index (κ2) is 7.05. The first-order valence-corrected chi connectivity index (χ1v) is 8.27. The third-order valence-corrected chi connectivity index (χ3v) is 4.54. The summed E-state index contributed by atoms with van der Waals surface area (Å²) in [6, 6.07) is 16.1. The van der Waals surface area contributed by atoms with Gasteiger partial charge in [0, 0.05) is 18.7 Å². The van der Waals surface area contributed by atoms with E-state index in [0.29, 0.717) is 0 Å². The van der Waals surface area contributed by atoms with Crippen molar-refractivity contribution >= 4 is 5.91 Å². The minimum Gasteiger partial charge on any atom is -0.497 e.